The highest BCUT2D eigenvalue weighted by molar-refractivity contribution is 9.10. The van der Waals surface area contributed by atoms with E-state index in [4.69, 9.17) is 11.6 Å². The maximum absolute atomic E-state index is 12.6. The fourth-order valence-corrected chi connectivity index (χ4v) is 3.98. The van der Waals surface area contributed by atoms with Gasteiger partial charge in [0.05, 0.1) is 22.4 Å². The van der Waals surface area contributed by atoms with Gasteiger partial charge in [0.25, 0.3) is 15.9 Å². The minimum atomic E-state index is -3.89. The first-order valence-electron chi connectivity index (χ1n) is 8.32. The molecule has 0 aromatic heterocycles. The van der Waals surface area contributed by atoms with E-state index in [-0.39, 0.29) is 16.1 Å². The molecule has 0 atom stereocenters. The van der Waals surface area contributed by atoms with Crippen LogP contribution in [0.1, 0.15) is 15.9 Å². The summed E-state index contributed by atoms with van der Waals surface area (Å²) >= 11 is 9.20. The zero-order chi connectivity index (χ0) is 20.9. The molecule has 0 saturated heterocycles. The highest BCUT2D eigenvalue weighted by Gasteiger charge is 2.18. The molecule has 1 amide bonds. The SMILES string of the molecule is O=C(N/N=C/c1ccccc1Br)c1ccccc1NS(=O)(=O)c1ccc(Cl)cc1. The first-order valence-corrected chi connectivity index (χ1v) is 11.0. The maximum Gasteiger partial charge on any atom is 0.273 e. The van der Waals surface area contributed by atoms with Gasteiger partial charge in [-0.25, -0.2) is 13.8 Å². The van der Waals surface area contributed by atoms with Crippen molar-refractivity contribution in [1.82, 2.24) is 5.43 Å². The van der Waals surface area contributed by atoms with E-state index >= 15 is 0 Å². The zero-order valence-electron chi connectivity index (χ0n) is 14.8. The van der Waals surface area contributed by atoms with Gasteiger partial charge in [-0.1, -0.05) is 57.9 Å². The van der Waals surface area contributed by atoms with Crippen molar-refractivity contribution in [2.75, 3.05) is 4.72 Å². The lowest BCUT2D eigenvalue weighted by atomic mass is 10.2. The third-order valence-electron chi connectivity index (χ3n) is 3.81. The van der Waals surface area contributed by atoms with E-state index in [0.29, 0.717) is 5.02 Å². The van der Waals surface area contributed by atoms with E-state index in [9.17, 15) is 13.2 Å². The van der Waals surface area contributed by atoms with E-state index < -0.39 is 15.9 Å². The Morgan fingerprint density at radius 1 is 0.966 bits per heavy atom. The van der Waals surface area contributed by atoms with Crippen LogP contribution in [-0.2, 0) is 10.0 Å². The highest BCUT2D eigenvalue weighted by atomic mass is 79.9. The summed E-state index contributed by atoms with van der Waals surface area (Å²) < 4.78 is 28.5. The van der Waals surface area contributed by atoms with Crippen LogP contribution in [0.2, 0.25) is 5.02 Å². The monoisotopic (exact) mass is 491 g/mol. The third kappa shape index (κ3) is 5.44. The zero-order valence-corrected chi connectivity index (χ0v) is 18.0. The van der Waals surface area contributed by atoms with Crippen molar-refractivity contribution >= 4 is 55.4 Å². The predicted molar refractivity (Wildman–Crippen MR) is 118 cm³/mol. The van der Waals surface area contributed by atoms with E-state index in [0.717, 1.165) is 10.0 Å². The number of nitrogens with zero attached hydrogens (tertiary/aromatic N) is 1. The number of benzene rings is 3. The molecule has 0 aliphatic rings. The number of amides is 1. The van der Waals surface area contributed by atoms with Gasteiger partial charge in [0, 0.05) is 15.1 Å². The Labute approximate surface area is 181 Å². The molecule has 3 aromatic carbocycles. The fraction of sp³-hybridized carbons (Fsp3) is 0. The Kier molecular flexibility index (Phi) is 6.68. The van der Waals surface area contributed by atoms with Crippen molar-refractivity contribution in [3.8, 4) is 0 Å². The molecule has 148 valence electrons. The molecule has 0 unspecified atom stereocenters. The Balaban J connectivity index is 1.78. The smallest absolute Gasteiger partial charge is 0.273 e. The van der Waals surface area contributed by atoms with Crippen molar-refractivity contribution in [2.24, 2.45) is 5.10 Å². The standard InChI is InChI=1S/C20H15BrClN3O3S/c21-18-7-3-1-5-14(18)13-23-24-20(26)17-6-2-4-8-19(17)25-29(27,28)16-11-9-15(22)10-12-16/h1-13,25H,(H,24,26)/b23-13+. The molecule has 0 radical (unpaired) electrons. The van der Waals surface area contributed by atoms with Crippen LogP contribution >= 0.6 is 27.5 Å². The van der Waals surface area contributed by atoms with Gasteiger partial charge < -0.3 is 0 Å². The number of hydrogen-bond donors (Lipinski definition) is 2. The summed E-state index contributed by atoms with van der Waals surface area (Å²) in [4.78, 5) is 12.6. The molecular formula is C20H15BrClN3O3S. The quantitative estimate of drug-likeness (QED) is 0.387. The van der Waals surface area contributed by atoms with Gasteiger partial charge in [-0.3, -0.25) is 9.52 Å². The van der Waals surface area contributed by atoms with Crippen LogP contribution in [0, 0.1) is 0 Å². The molecule has 0 spiro atoms. The van der Waals surface area contributed by atoms with Gasteiger partial charge in [-0.2, -0.15) is 5.10 Å². The predicted octanol–water partition coefficient (Wildman–Crippen LogP) is 4.67. The molecule has 2 N–H and O–H groups in total. The average Bonchev–Trinajstić information content (AvgIpc) is 2.70. The molecule has 0 aliphatic heterocycles. The van der Waals surface area contributed by atoms with Crippen molar-refractivity contribution in [2.45, 2.75) is 4.90 Å². The van der Waals surface area contributed by atoms with Crippen molar-refractivity contribution in [1.29, 1.82) is 0 Å². The summed E-state index contributed by atoms with van der Waals surface area (Å²) in [6.07, 6.45) is 1.49. The molecule has 0 saturated carbocycles. The Morgan fingerprint density at radius 3 is 2.34 bits per heavy atom. The van der Waals surface area contributed by atoms with E-state index in [1.165, 1.54) is 42.6 Å². The third-order valence-corrected chi connectivity index (χ3v) is 6.17. The number of carbonyl (C=O) groups is 1. The van der Waals surface area contributed by atoms with Crippen LogP contribution in [0.5, 0.6) is 0 Å². The summed E-state index contributed by atoms with van der Waals surface area (Å²) in [6.45, 7) is 0. The van der Waals surface area contributed by atoms with Crippen LogP contribution < -0.4 is 10.1 Å². The van der Waals surface area contributed by atoms with Crippen LogP contribution in [0.4, 0.5) is 5.69 Å². The Hall–Kier alpha value is -2.68. The number of anilines is 1. The molecular weight excluding hydrogens is 478 g/mol. The molecule has 3 rings (SSSR count). The first kappa shape index (κ1) is 21.0. The van der Waals surface area contributed by atoms with Gasteiger partial charge in [0.15, 0.2) is 0 Å². The molecule has 0 fully saturated rings. The minimum Gasteiger partial charge on any atom is -0.279 e. The topological polar surface area (TPSA) is 87.6 Å². The molecule has 0 bridgehead atoms. The van der Waals surface area contributed by atoms with Crippen LogP contribution in [-0.4, -0.2) is 20.5 Å². The Bertz CT molecular complexity index is 1170. The van der Waals surface area contributed by atoms with Crippen molar-refractivity contribution in [3.63, 3.8) is 0 Å². The second-order valence-corrected chi connectivity index (χ2v) is 8.80. The van der Waals surface area contributed by atoms with Crippen molar-refractivity contribution < 1.29 is 13.2 Å². The van der Waals surface area contributed by atoms with E-state index in [1.807, 2.05) is 24.3 Å². The van der Waals surface area contributed by atoms with Gasteiger partial charge in [-0.15, -0.1) is 0 Å². The molecule has 29 heavy (non-hydrogen) atoms. The van der Waals surface area contributed by atoms with Crippen LogP contribution in [0.25, 0.3) is 0 Å². The number of halogens is 2. The fourth-order valence-electron chi connectivity index (χ4n) is 2.39. The molecule has 0 heterocycles. The number of hydrogen-bond acceptors (Lipinski definition) is 4. The maximum atomic E-state index is 12.6. The highest BCUT2D eigenvalue weighted by Crippen LogP contribution is 2.21. The molecule has 0 aliphatic carbocycles. The molecule has 3 aromatic rings. The van der Waals surface area contributed by atoms with E-state index in [1.54, 1.807) is 12.1 Å². The lowest BCUT2D eigenvalue weighted by Gasteiger charge is -2.11. The first-order chi connectivity index (χ1) is 13.9. The van der Waals surface area contributed by atoms with E-state index in [2.05, 4.69) is 31.2 Å². The average molecular weight is 493 g/mol. The lowest BCUT2D eigenvalue weighted by Crippen LogP contribution is -2.21. The molecule has 9 heteroatoms. The van der Waals surface area contributed by atoms with Crippen LogP contribution in [0.15, 0.2) is 87.3 Å². The summed E-state index contributed by atoms with van der Waals surface area (Å²) in [5.41, 5.74) is 3.46. The normalized spacial score (nSPS) is 11.4. The largest absolute Gasteiger partial charge is 0.279 e. The summed E-state index contributed by atoms with van der Waals surface area (Å²) in [6, 6.07) is 19.4. The minimum absolute atomic E-state index is 0.0315. The number of nitrogens with one attached hydrogen (secondary N) is 2. The number of rotatable bonds is 6. The number of carbonyl (C=O) groups excluding carboxylic acids is 1. The number of sulfonamides is 1. The second kappa shape index (κ2) is 9.21. The van der Waals surface area contributed by atoms with Gasteiger partial charge in [-0.05, 0) is 42.5 Å². The van der Waals surface area contributed by atoms with Gasteiger partial charge in [0.2, 0.25) is 0 Å². The second-order valence-electron chi connectivity index (χ2n) is 5.83. The van der Waals surface area contributed by atoms with Crippen LogP contribution in [0.3, 0.4) is 0 Å². The summed E-state index contributed by atoms with van der Waals surface area (Å²) in [5, 5.41) is 4.36. The molecule has 6 nitrogen and oxygen atoms in total. The van der Waals surface area contributed by atoms with Gasteiger partial charge >= 0.3 is 0 Å². The summed E-state index contributed by atoms with van der Waals surface area (Å²) in [5.74, 6) is -0.553. The van der Waals surface area contributed by atoms with Crippen molar-refractivity contribution in [3.05, 3.63) is 93.4 Å². The number of para-hydroxylation sites is 1. The number of hydrazone groups is 1. The Morgan fingerprint density at radius 2 is 1.62 bits per heavy atom. The lowest BCUT2D eigenvalue weighted by molar-refractivity contribution is 0.0956. The summed E-state index contributed by atoms with van der Waals surface area (Å²) in [7, 11) is -3.89. The van der Waals surface area contributed by atoms with Gasteiger partial charge in [0.1, 0.15) is 0 Å².